The predicted molar refractivity (Wildman–Crippen MR) is 121 cm³/mol. The first kappa shape index (κ1) is 20.8. The molecule has 0 saturated carbocycles. The molecule has 0 radical (unpaired) electrons. The van der Waals surface area contributed by atoms with Gasteiger partial charge in [0.1, 0.15) is 12.1 Å². The van der Waals surface area contributed by atoms with Crippen LogP contribution in [-0.2, 0) is 7.05 Å². The minimum Gasteiger partial charge on any atom is -0.494 e. The minimum absolute atomic E-state index is 0.273. The van der Waals surface area contributed by atoms with Crippen molar-refractivity contribution in [3.63, 3.8) is 0 Å². The largest absolute Gasteiger partial charge is 0.494 e. The lowest BCUT2D eigenvalue weighted by Gasteiger charge is -2.16. The van der Waals surface area contributed by atoms with Crippen LogP contribution in [0.2, 0.25) is 0 Å². The summed E-state index contributed by atoms with van der Waals surface area (Å²) < 4.78 is 7.41. The van der Waals surface area contributed by atoms with E-state index in [0.29, 0.717) is 40.1 Å². The van der Waals surface area contributed by atoms with Gasteiger partial charge in [-0.25, -0.2) is 4.98 Å². The number of carbonyl (C=O) groups is 1. The van der Waals surface area contributed by atoms with E-state index in [1.165, 1.54) is 12.5 Å². The Kier molecular flexibility index (Phi) is 5.71. The lowest BCUT2D eigenvalue weighted by atomic mass is 10.1. The third-order valence-electron chi connectivity index (χ3n) is 4.91. The number of anilines is 4. The maximum absolute atomic E-state index is 12.5. The average Bonchev–Trinajstić information content (AvgIpc) is 3.43. The second-order valence-electron chi connectivity index (χ2n) is 6.96. The highest BCUT2D eigenvalue weighted by Gasteiger charge is 2.17. The van der Waals surface area contributed by atoms with E-state index < -0.39 is 0 Å². The number of ether oxygens (including phenoxy) is 1. The summed E-state index contributed by atoms with van der Waals surface area (Å²) >= 11 is 0. The third kappa shape index (κ3) is 4.08. The molecule has 164 valence electrons. The molecular weight excluding hydrogens is 410 g/mol. The van der Waals surface area contributed by atoms with Gasteiger partial charge in [0.15, 0.2) is 17.4 Å². The van der Waals surface area contributed by atoms with Crippen LogP contribution in [0.3, 0.4) is 0 Å². The van der Waals surface area contributed by atoms with E-state index in [0.717, 1.165) is 11.3 Å². The fraction of sp³-hybridized carbons (Fsp3) is 0.190. The Morgan fingerprint density at radius 2 is 2.00 bits per heavy atom. The highest BCUT2D eigenvalue weighted by molar-refractivity contribution is 6.00. The third-order valence-corrected chi connectivity index (χ3v) is 4.91. The molecule has 11 heteroatoms. The van der Waals surface area contributed by atoms with E-state index >= 15 is 0 Å². The maximum Gasteiger partial charge on any atom is 0.254 e. The number of hydrogen-bond donors (Lipinski definition) is 4. The summed E-state index contributed by atoms with van der Waals surface area (Å²) in [4.78, 5) is 19.8. The lowest BCUT2D eigenvalue weighted by Crippen LogP contribution is -2.19. The highest BCUT2D eigenvalue weighted by atomic mass is 16.5. The number of hydrogen-bond acceptors (Lipinski definition) is 8. The molecule has 1 amide bonds. The molecule has 4 N–H and O–H groups in total. The first-order valence-corrected chi connectivity index (χ1v) is 9.80. The van der Waals surface area contributed by atoms with E-state index in [4.69, 9.17) is 4.74 Å². The zero-order valence-corrected chi connectivity index (χ0v) is 18.1. The van der Waals surface area contributed by atoms with Crippen molar-refractivity contribution in [3.05, 3.63) is 54.1 Å². The zero-order chi connectivity index (χ0) is 22.7. The molecule has 11 nitrogen and oxygen atoms in total. The smallest absolute Gasteiger partial charge is 0.254 e. The number of pyridine rings is 1. The Bertz CT molecular complexity index is 1230. The summed E-state index contributed by atoms with van der Waals surface area (Å²) in [5.41, 5.74) is 3.30. The number of H-pyrrole nitrogens is 1. The van der Waals surface area contributed by atoms with Crippen LogP contribution >= 0.6 is 0 Å². The highest BCUT2D eigenvalue weighted by Crippen LogP contribution is 2.37. The molecule has 0 unspecified atom stereocenters. The number of nitrogens with one attached hydrogen (secondary N) is 4. The molecular formula is C21H23N9O2. The Hall–Kier alpha value is -4.41. The molecule has 0 aliphatic heterocycles. The van der Waals surface area contributed by atoms with Gasteiger partial charge in [-0.15, -0.1) is 10.2 Å². The molecule has 32 heavy (non-hydrogen) atoms. The molecule has 3 aromatic heterocycles. The van der Waals surface area contributed by atoms with Crippen molar-refractivity contribution >= 4 is 28.9 Å². The fourth-order valence-electron chi connectivity index (χ4n) is 3.22. The average molecular weight is 433 g/mol. The number of rotatable bonds is 7. The Balaban J connectivity index is 1.73. The van der Waals surface area contributed by atoms with Gasteiger partial charge in [-0.05, 0) is 19.1 Å². The number of aromatic amines is 1. The van der Waals surface area contributed by atoms with Crippen molar-refractivity contribution in [1.29, 1.82) is 0 Å². The van der Waals surface area contributed by atoms with Crippen LogP contribution in [-0.4, -0.2) is 50.0 Å². The van der Waals surface area contributed by atoms with Gasteiger partial charge < -0.3 is 25.7 Å². The summed E-state index contributed by atoms with van der Waals surface area (Å²) in [5.74, 6) is 2.04. The summed E-state index contributed by atoms with van der Waals surface area (Å²) in [6, 6.07) is 9.23. The molecule has 0 spiro atoms. The second-order valence-corrected chi connectivity index (χ2v) is 6.96. The Labute approximate surface area is 184 Å². The summed E-state index contributed by atoms with van der Waals surface area (Å²) in [7, 11) is 5.01. The normalized spacial score (nSPS) is 10.6. The number of benzene rings is 1. The van der Waals surface area contributed by atoms with Crippen LogP contribution in [0.4, 0.5) is 23.0 Å². The monoisotopic (exact) mass is 433 g/mol. The van der Waals surface area contributed by atoms with E-state index in [2.05, 4.69) is 41.2 Å². The number of para-hydroxylation sites is 1. The van der Waals surface area contributed by atoms with Crippen molar-refractivity contribution in [1.82, 2.24) is 35.3 Å². The number of amides is 1. The quantitative estimate of drug-likeness (QED) is 0.349. The van der Waals surface area contributed by atoms with Crippen LogP contribution in [0.25, 0.3) is 11.4 Å². The molecule has 0 aliphatic carbocycles. The van der Waals surface area contributed by atoms with Gasteiger partial charge in [0.25, 0.3) is 5.91 Å². The number of methoxy groups -OCH3 is 1. The molecule has 4 aromatic rings. The first-order valence-electron chi connectivity index (χ1n) is 9.80. The standard InChI is InChI=1S/C21H23N9O2/c1-12-8-18(29-30(12)3)27-17-9-16(14(10-23-17)21(31)22-2)26-15-7-5-6-13(19(15)32-4)20-24-11-25-28-20/h5-11H,1-4H3,(H,22,31)(H,24,25,28)(H2,23,26,27,29). The van der Waals surface area contributed by atoms with Gasteiger partial charge in [-0.1, -0.05) is 6.07 Å². The van der Waals surface area contributed by atoms with Crippen molar-refractivity contribution < 1.29 is 9.53 Å². The Morgan fingerprint density at radius 1 is 1.16 bits per heavy atom. The van der Waals surface area contributed by atoms with Gasteiger partial charge >= 0.3 is 0 Å². The summed E-state index contributed by atoms with van der Waals surface area (Å²) in [6.07, 6.45) is 3.00. The van der Waals surface area contributed by atoms with Gasteiger partial charge in [-0.2, -0.15) is 5.10 Å². The van der Waals surface area contributed by atoms with Gasteiger partial charge in [-0.3, -0.25) is 9.48 Å². The number of carbonyl (C=O) groups excluding carboxylic acids is 1. The fourth-order valence-corrected chi connectivity index (χ4v) is 3.22. The molecule has 3 heterocycles. The molecule has 0 saturated heterocycles. The van der Waals surface area contributed by atoms with Gasteiger partial charge in [0.2, 0.25) is 0 Å². The van der Waals surface area contributed by atoms with Crippen LogP contribution in [0.15, 0.2) is 42.9 Å². The van der Waals surface area contributed by atoms with Crippen molar-refractivity contribution in [2.75, 3.05) is 24.8 Å². The molecule has 0 bridgehead atoms. The van der Waals surface area contributed by atoms with E-state index in [1.807, 2.05) is 38.2 Å². The van der Waals surface area contributed by atoms with Crippen LogP contribution in [0.1, 0.15) is 16.1 Å². The number of aromatic nitrogens is 6. The molecule has 1 aromatic carbocycles. The molecule has 0 fully saturated rings. The van der Waals surface area contributed by atoms with Gasteiger partial charge in [0.05, 0.1) is 29.6 Å². The Morgan fingerprint density at radius 3 is 2.66 bits per heavy atom. The van der Waals surface area contributed by atoms with E-state index in [9.17, 15) is 4.79 Å². The number of aryl methyl sites for hydroxylation is 2. The number of nitrogens with zero attached hydrogens (tertiary/aromatic N) is 5. The SMILES string of the molecule is CNC(=O)c1cnc(Nc2cc(C)n(C)n2)cc1Nc1cccc(-c2nnc[nH]2)c1OC. The van der Waals surface area contributed by atoms with Crippen molar-refractivity contribution in [2.45, 2.75) is 6.92 Å². The second kappa shape index (κ2) is 8.76. The first-order chi connectivity index (χ1) is 15.5. The summed E-state index contributed by atoms with van der Waals surface area (Å²) in [5, 5.41) is 21.4. The van der Waals surface area contributed by atoms with E-state index in [-0.39, 0.29) is 5.91 Å². The molecule has 0 atom stereocenters. The molecule has 0 aliphatic rings. The van der Waals surface area contributed by atoms with E-state index in [1.54, 1.807) is 24.9 Å². The summed E-state index contributed by atoms with van der Waals surface area (Å²) in [6.45, 7) is 1.96. The van der Waals surface area contributed by atoms with Crippen molar-refractivity contribution in [2.24, 2.45) is 7.05 Å². The van der Waals surface area contributed by atoms with Crippen LogP contribution in [0.5, 0.6) is 5.75 Å². The van der Waals surface area contributed by atoms with Crippen molar-refractivity contribution in [3.8, 4) is 17.1 Å². The predicted octanol–water partition coefficient (Wildman–Crippen LogP) is 2.76. The van der Waals surface area contributed by atoms with Crippen LogP contribution in [0, 0.1) is 6.92 Å². The molecule has 4 rings (SSSR count). The minimum atomic E-state index is -0.273. The lowest BCUT2D eigenvalue weighted by molar-refractivity contribution is 0.0963. The maximum atomic E-state index is 12.5. The van der Waals surface area contributed by atoms with Crippen LogP contribution < -0.4 is 20.7 Å². The zero-order valence-electron chi connectivity index (χ0n) is 18.1. The topological polar surface area (TPSA) is 135 Å². The van der Waals surface area contributed by atoms with Gasteiger partial charge in [0, 0.05) is 38.1 Å².